The highest BCUT2D eigenvalue weighted by Crippen LogP contribution is 2.32. The molecule has 0 amide bonds. The van der Waals surface area contributed by atoms with Crippen molar-refractivity contribution in [3.05, 3.63) is 35.4 Å². The summed E-state index contributed by atoms with van der Waals surface area (Å²) in [5, 5.41) is 7.29. The number of nitrogens with zero attached hydrogens (tertiary/aromatic N) is 1. The minimum Gasteiger partial charge on any atom is -0.480 e. The molecule has 1 saturated carbocycles. The molecule has 0 radical (unpaired) electrons. The van der Waals surface area contributed by atoms with Crippen LogP contribution in [0.1, 0.15) is 25.3 Å². The van der Waals surface area contributed by atoms with Gasteiger partial charge in [0.25, 0.3) is 0 Å². The van der Waals surface area contributed by atoms with E-state index in [1.165, 1.54) is 6.07 Å². The zero-order chi connectivity index (χ0) is 15.8. The Morgan fingerprint density at radius 3 is 2.52 bits per heavy atom. The van der Waals surface area contributed by atoms with Crippen LogP contribution in [-0.4, -0.2) is 35.1 Å². The van der Waals surface area contributed by atoms with E-state index in [2.05, 4.69) is 0 Å². The lowest BCUT2D eigenvalue weighted by Gasteiger charge is -2.24. The first kappa shape index (κ1) is 15.8. The molecular formula is C13H15F2NO4S. The molecule has 1 aliphatic carbocycles. The molecule has 0 aromatic heterocycles. The second-order valence-electron chi connectivity index (χ2n) is 5.04. The van der Waals surface area contributed by atoms with E-state index in [0.717, 1.165) is 17.3 Å². The molecule has 1 aromatic rings. The molecule has 1 fully saturated rings. The van der Waals surface area contributed by atoms with Crippen molar-refractivity contribution < 1.29 is 27.1 Å². The Hall–Kier alpha value is -1.54. The number of sulfonamides is 1. The smallest absolute Gasteiger partial charge is 0.323 e. The predicted octanol–water partition coefficient (Wildman–Crippen LogP) is 1.73. The SMILES string of the molecule is CC(C(=O)O)S(=O)(=O)N(Cc1ccc(F)cc1F)C1CC1. The lowest BCUT2D eigenvalue weighted by Crippen LogP contribution is -2.42. The van der Waals surface area contributed by atoms with Crippen LogP contribution in [0.4, 0.5) is 8.78 Å². The molecule has 0 aliphatic heterocycles. The van der Waals surface area contributed by atoms with Crippen molar-refractivity contribution in [2.24, 2.45) is 0 Å². The minimum absolute atomic E-state index is 0.0180. The van der Waals surface area contributed by atoms with Crippen LogP contribution in [0.25, 0.3) is 0 Å². The van der Waals surface area contributed by atoms with Gasteiger partial charge in [0, 0.05) is 24.2 Å². The van der Waals surface area contributed by atoms with Crippen molar-refractivity contribution in [2.45, 2.75) is 37.6 Å². The van der Waals surface area contributed by atoms with E-state index >= 15 is 0 Å². The van der Waals surface area contributed by atoms with Gasteiger partial charge in [0.2, 0.25) is 10.0 Å². The van der Waals surface area contributed by atoms with Crippen molar-refractivity contribution in [3.8, 4) is 0 Å². The van der Waals surface area contributed by atoms with E-state index in [1.54, 1.807) is 0 Å². The minimum atomic E-state index is -4.09. The van der Waals surface area contributed by atoms with Crippen molar-refractivity contribution in [2.75, 3.05) is 0 Å². The lowest BCUT2D eigenvalue weighted by atomic mass is 10.2. The molecule has 1 atom stereocenters. The molecule has 116 valence electrons. The third-order valence-corrected chi connectivity index (χ3v) is 5.59. The molecule has 0 spiro atoms. The zero-order valence-electron chi connectivity index (χ0n) is 11.3. The summed E-state index contributed by atoms with van der Waals surface area (Å²) in [5.74, 6) is -3.06. The summed E-state index contributed by atoms with van der Waals surface area (Å²) in [6.45, 7) is 0.783. The Morgan fingerprint density at radius 2 is 2.05 bits per heavy atom. The predicted molar refractivity (Wildman–Crippen MR) is 70.9 cm³/mol. The molecule has 2 rings (SSSR count). The number of carboxylic acid groups (broad SMARTS) is 1. The van der Waals surface area contributed by atoms with Gasteiger partial charge in [-0.25, -0.2) is 17.2 Å². The molecular weight excluding hydrogens is 304 g/mol. The van der Waals surface area contributed by atoms with Gasteiger partial charge in [-0.1, -0.05) is 6.07 Å². The molecule has 1 aliphatic rings. The third kappa shape index (κ3) is 3.38. The average molecular weight is 319 g/mol. The van der Waals surface area contributed by atoms with Crippen molar-refractivity contribution >= 4 is 16.0 Å². The molecule has 0 heterocycles. The highest BCUT2D eigenvalue weighted by molar-refractivity contribution is 7.90. The van der Waals surface area contributed by atoms with Gasteiger partial charge in [-0.05, 0) is 25.8 Å². The highest BCUT2D eigenvalue weighted by atomic mass is 32.2. The number of benzene rings is 1. The summed E-state index contributed by atoms with van der Waals surface area (Å²) in [5.41, 5.74) is 0.0180. The Kier molecular flexibility index (Phi) is 4.29. The second kappa shape index (κ2) is 5.69. The van der Waals surface area contributed by atoms with Crippen LogP contribution >= 0.6 is 0 Å². The molecule has 1 aromatic carbocycles. The van der Waals surface area contributed by atoms with Crippen LogP contribution in [-0.2, 0) is 21.4 Å². The van der Waals surface area contributed by atoms with Crippen LogP contribution in [0.15, 0.2) is 18.2 Å². The van der Waals surface area contributed by atoms with Crippen LogP contribution in [0.2, 0.25) is 0 Å². The maximum atomic E-state index is 13.7. The molecule has 21 heavy (non-hydrogen) atoms. The fraction of sp³-hybridized carbons (Fsp3) is 0.462. The topological polar surface area (TPSA) is 74.7 Å². The zero-order valence-corrected chi connectivity index (χ0v) is 12.1. The molecule has 0 bridgehead atoms. The Bertz CT molecular complexity index is 658. The van der Waals surface area contributed by atoms with Gasteiger partial charge in [-0.2, -0.15) is 4.31 Å². The van der Waals surface area contributed by atoms with E-state index in [4.69, 9.17) is 5.11 Å². The van der Waals surface area contributed by atoms with E-state index in [-0.39, 0.29) is 18.2 Å². The van der Waals surface area contributed by atoms with Gasteiger partial charge in [0.1, 0.15) is 11.6 Å². The Labute approximate surface area is 121 Å². The fourth-order valence-electron chi connectivity index (χ4n) is 1.94. The van der Waals surface area contributed by atoms with Gasteiger partial charge in [0.05, 0.1) is 0 Å². The quantitative estimate of drug-likeness (QED) is 0.866. The first-order valence-corrected chi connectivity index (χ1v) is 7.91. The van der Waals surface area contributed by atoms with E-state index in [9.17, 15) is 22.0 Å². The molecule has 8 heteroatoms. The summed E-state index contributed by atoms with van der Waals surface area (Å²) >= 11 is 0. The van der Waals surface area contributed by atoms with Crippen LogP contribution in [0.3, 0.4) is 0 Å². The summed E-state index contributed by atoms with van der Waals surface area (Å²) in [4.78, 5) is 10.9. The number of carboxylic acids is 1. The number of aliphatic carboxylic acids is 1. The van der Waals surface area contributed by atoms with E-state index < -0.39 is 32.9 Å². The number of hydrogen-bond donors (Lipinski definition) is 1. The van der Waals surface area contributed by atoms with Crippen molar-refractivity contribution in [1.29, 1.82) is 0 Å². The molecule has 0 saturated heterocycles. The number of carbonyl (C=O) groups is 1. The van der Waals surface area contributed by atoms with Crippen molar-refractivity contribution in [3.63, 3.8) is 0 Å². The van der Waals surface area contributed by atoms with E-state index in [1.807, 2.05) is 0 Å². The summed E-state index contributed by atoms with van der Waals surface area (Å²) in [6.07, 6.45) is 1.21. The number of halogens is 2. The summed E-state index contributed by atoms with van der Waals surface area (Å²) < 4.78 is 52.1. The number of hydrogen-bond acceptors (Lipinski definition) is 3. The average Bonchev–Trinajstić information content (AvgIpc) is 3.20. The van der Waals surface area contributed by atoms with Gasteiger partial charge >= 0.3 is 5.97 Å². The van der Waals surface area contributed by atoms with Gasteiger partial charge in [0.15, 0.2) is 5.25 Å². The van der Waals surface area contributed by atoms with Crippen LogP contribution < -0.4 is 0 Å². The largest absolute Gasteiger partial charge is 0.480 e. The van der Waals surface area contributed by atoms with E-state index in [0.29, 0.717) is 18.9 Å². The number of rotatable bonds is 6. The Morgan fingerprint density at radius 1 is 1.43 bits per heavy atom. The molecule has 1 N–H and O–H groups in total. The highest BCUT2D eigenvalue weighted by Gasteiger charge is 2.42. The summed E-state index contributed by atoms with van der Waals surface area (Å²) in [7, 11) is -4.09. The van der Waals surface area contributed by atoms with Gasteiger partial charge < -0.3 is 5.11 Å². The maximum Gasteiger partial charge on any atom is 0.323 e. The second-order valence-corrected chi connectivity index (χ2v) is 7.24. The van der Waals surface area contributed by atoms with Crippen molar-refractivity contribution in [1.82, 2.24) is 4.31 Å². The van der Waals surface area contributed by atoms with Gasteiger partial charge in [-0.15, -0.1) is 0 Å². The summed E-state index contributed by atoms with van der Waals surface area (Å²) in [6, 6.07) is 2.56. The standard InChI is InChI=1S/C13H15F2NO4S/c1-8(13(17)18)21(19,20)16(11-4-5-11)7-9-2-3-10(14)6-12(9)15/h2-3,6,8,11H,4-5,7H2,1H3,(H,17,18). The maximum absolute atomic E-state index is 13.7. The molecule has 1 unspecified atom stereocenters. The van der Waals surface area contributed by atoms with Gasteiger partial charge in [-0.3, -0.25) is 4.79 Å². The molecule has 5 nitrogen and oxygen atoms in total. The lowest BCUT2D eigenvalue weighted by molar-refractivity contribution is -0.136. The van der Waals surface area contributed by atoms with Crippen LogP contribution in [0, 0.1) is 11.6 Å². The first-order valence-electron chi connectivity index (χ1n) is 6.41. The first-order chi connectivity index (χ1) is 9.73. The fourth-order valence-corrected chi connectivity index (χ4v) is 3.54. The van der Waals surface area contributed by atoms with Crippen LogP contribution in [0.5, 0.6) is 0 Å². The Balaban J connectivity index is 2.30. The monoisotopic (exact) mass is 319 g/mol. The third-order valence-electron chi connectivity index (χ3n) is 3.42. The normalized spacial score (nSPS) is 17.0.